The molecule has 5 aliphatic rings. The zero-order valence-corrected chi connectivity index (χ0v) is 26.9. The lowest BCUT2D eigenvalue weighted by Crippen LogP contribution is -2.67. The van der Waals surface area contributed by atoms with E-state index in [1.54, 1.807) is 12.0 Å². The Hall–Kier alpha value is -2.78. The first-order valence-electron chi connectivity index (χ1n) is 16.6. The minimum atomic E-state index is -0.672. The van der Waals surface area contributed by atoms with E-state index in [4.69, 9.17) is 4.84 Å². The topological polar surface area (TPSA) is 103 Å². The maximum absolute atomic E-state index is 13.9. The summed E-state index contributed by atoms with van der Waals surface area (Å²) in [6.07, 6.45) is 3.79. The van der Waals surface area contributed by atoms with Gasteiger partial charge in [-0.15, -0.1) is 0 Å². The van der Waals surface area contributed by atoms with Crippen LogP contribution in [-0.2, 0) is 16.2 Å². The maximum Gasteiger partial charge on any atom is 0.251 e. The predicted octanol–water partition coefficient (Wildman–Crippen LogP) is 4.53. The SMILES string of the molecule is C[C@H](O)[C@@H]1CON(Cc2cccc(-c3cccc(C(=O)NC[C@@H]4CCCN4)c3)c2)[C@@H]1C(=O)N[C@H]1C[C@H]2C[C@@](C)([C@@H]1C)C2(C)C. The summed E-state index contributed by atoms with van der Waals surface area (Å²) in [5.74, 6) is 0.557. The molecule has 2 amide bonds. The van der Waals surface area contributed by atoms with Crippen molar-refractivity contribution in [2.75, 3.05) is 19.7 Å². The molecule has 5 fully saturated rings. The van der Waals surface area contributed by atoms with Crippen molar-refractivity contribution in [1.82, 2.24) is 21.0 Å². The van der Waals surface area contributed by atoms with E-state index in [1.165, 1.54) is 6.42 Å². The van der Waals surface area contributed by atoms with Gasteiger partial charge in [0.25, 0.3) is 5.91 Å². The van der Waals surface area contributed by atoms with Gasteiger partial charge in [0.1, 0.15) is 6.04 Å². The number of hydroxylamine groups is 2. The van der Waals surface area contributed by atoms with Gasteiger partial charge < -0.3 is 21.1 Å². The van der Waals surface area contributed by atoms with E-state index >= 15 is 0 Å². The van der Waals surface area contributed by atoms with Crippen molar-refractivity contribution < 1.29 is 19.5 Å². The molecule has 7 rings (SSSR count). The Morgan fingerprint density at radius 2 is 1.89 bits per heavy atom. The number of aliphatic hydroxyl groups is 1. The standard InChI is InChI=1S/C36H50N4O4/c1-22-31(17-28-18-36(22,5)35(28,3)4)39-34(43)32-30(23(2)41)21-44-40(32)20-24-9-6-10-25(15-24)26-11-7-12-27(16-26)33(42)38-19-29-13-8-14-37-29/h6-7,9-12,15-16,22-23,28-32,37,41H,8,13-14,17-21H2,1-5H3,(H,38,42)(H,39,43)/t22-,23+,28+,29+,30+,31+,32+,36+/m1/s1. The van der Waals surface area contributed by atoms with Gasteiger partial charge in [0, 0.05) is 30.1 Å². The molecule has 4 N–H and O–H groups in total. The van der Waals surface area contributed by atoms with Crippen molar-refractivity contribution in [2.45, 2.75) is 91.1 Å². The number of nitrogens with zero attached hydrogens (tertiary/aromatic N) is 1. The Kier molecular flexibility index (Phi) is 8.65. The van der Waals surface area contributed by atoms with Crippen molar-refractivity contribution in [1.29, 1.82) is 0 Å². The second-order valence-electron chi connectivity index (χ2n) is 14.7. The van der Waals surface area contributed by atoms with E-state index in [-0.39, 0.29) is 29.2 Å². The molecule has 3 saturated carbocycles. The zero-order chi connectivity index (χ0) is 31.2. The van der Waals surface area contributed by atoms with E-state index in [0.717, 1.165) is 42.5 Å². The largest absolute Gasteiger partial charge is 0.393 e. The molecule has 2 aliphatic heterocycles. The lowest BCUT2D eigenvalue weighted by Gasteiger charge is -2.69. The van der Waals surface area contributed by atoms with Crippen molar-refractivity contribution in [3.8, 4) is 11.1 Å². The third-order valence-corrected chi connectivity index (χ3v) is 12.1. The summed E-state index contributed by atoms with van der Waals surface area (Å²) in [6, 6.07) is 15.8. The number of aliphatic hydroxyl groups excluding tert-OH is 1. The van der Waals surface area contributed by atoms with Gasteiger partial charge in [-0.05, 0) is 96.7 Å². The van der Waals surface area contributed by atoms with Crippen LogP contribution in [0.25, 0.3) is 11.1 Å². The Labute approximate surface area is 262 Å². The first kappa shape index (κ1) is 31.2. The van der Waals surface area contributed by atoms with Crippen molar-refractivity contribution in [3.63, 3.8) is 0 Å². The molecule has 3 aliphatic carbocycles. The lowest BCUT2D eigenvalue weighted by molar-refractivity contribution is -0.196. The second-order valence-corrected chi connectivity index (χ2v) is 14.7. The molecule has 2 aromatic rings. The van der Waals surface area contributed by atoms with Gasteiger partial charge in [-0.2, -0.15) is 5.06 Å². The van der Waals surface area contributed by atoms with E-state index < -0.39 is 12.1 Å². The third kappa shape index (κ3) is 5.70. The molecule has 0 spiro atoms. The number of rotatable bonds is 9. The summed E-state index contributed by atoms with van der Waals surface area (Å²) in [4.78, 5) is 32.9. The molecular weight excluding hydrogens is 552 g/mol. The number of hydrogen-bond acceptors (Lipinski definition) is 6. The van der Waals surface area contributed by atoms with Crippen LogP contribution in [0.2, 0.25) is 0 Å². The summed E-state index contributed by atoms with van der Waals surface area (Å²) < 4.78 is 0. The van der Waals surface area contributed by atoms with Crippen molar-refractivity contribution in [3.05, 3.63) is 59.7 Å². The van der Waals surface area contributed by atoms with Crippen LogP contribution in [0.5, 0.6) is 0 Å². The van der Waals surface area contributed by atoms with Gasteiger partial charge >= 0.3 is 0 Å². The molecule has 8 atom stereocenters. The van der Waals surface area contributed by atoms with Crippen LogP contribution in [0.1, 0.15) is 76.2 Å². The first-order chi connectivity index (χ1) is 21.0. The molecular formula is C36H50N4O4. The van der Waals surface area contributed by atoms with Crippen LogP contribution in [0.4, 0.5) is 0 Å². The van der Waals surface area contributed by atoms with Gasteiger partial charge in [-0.25, -0.2) is 0 Å². The summed E-state index contributed by atoms with van der Waals surface area (Å²) in [5, 5.41) is 22.3. The van der Waals surface area contributed by atoms with Crippen LogP contribution < -0.4 is 16.0 Å². The number of hydrogen-bond donors (Lipinski definition) is 4. The number of carbonyl (C=O) groups excluding carboxylic acids is 2. The van der Waals surface area contributed by atoms with Crippen LogP contribution in [0.15, 0.2) is 48.5 Å². The summed E-state index contributed by atoms with van der Waals surface area (Å²) in [6.45, 7) is 13.5. The van der Waals surface area contributed by atoms with E-state index in [1.807, 2.05) is 42.5 Å². The fourth-order valence-electron chi connectivity index (χ4n) is 8.48. The highest BCUT2D eigenvalue weighted by atomic mass is 16.7. The van der Waals surface area contributed by atoms with Gasteiger partial charge in [0.15, 0.2) is 0 Å². The van der Waals surface area contributed by atoms with Crippen LogP contribution in [0.3, 0.4) is 0 Å². The molecule has 2 saturated heterocycles. The van der Waals surface area contributed by atoms with Gasteiger partial charge in [-0.1, -0.05) is 58.0 Å². The number of carbonyl (C=O) groups is 2. The average Bonchev–Trinajstić information content (AvgIpc) is 3.68. The fraction of sp³-hybridized carbons (Fsp3) is 0.611. The maximum atomic E-state index is 13.9. The van der Waals surface area contributed by atoms with Gasteiger partial charge in [0.2, 0.25) is 5.91 Å². The molecule has 238 valence electrons. The summed E-state index contributed by atoms with van der Waals surface area (Å²) >= 11 is 0. The quantitative estimate of drug-likeness (QED) is 0.337. The Morgan fingerprint density at radius 1 is 1.14 bits per heavy atom. The van der Waals surface area contributed by atoms with E-state index in [9.17, 15) is 14.7 Å². The lowest BCUT2D eigenvalue weighted by atomic mass is 9.36. The second kappa shape index (κ2) is 12.2. The number of benzene rings is 2. The highest BCUT2D eigenvalue weighted by Crippen LogP contribution is 2.69. The Bertz CT molecular complexity index is 1370. The average molecular weight is 603 g/mol. The van der Waals surface area contributed by atoms with Crippen molar-refractivity contribution in [2.24, 2.45) is 28.6 Å². The highest BCUT2D eigenvalue weighted by molar-refractivity contribution is 5.95. The minimum absolute atomic E-state index is 0.0596. The van der Waals surface area contributed by atoms with Crippen LogP contribution >= 0.6 is 0 Å². The highest BCUT2D eigenvalue weighted by Gasteiger charge is 2.64. The Morgan fingerprint density at radius 3 is 2.59 bits per heavy atom. The van der Waals surface area contributed by atoms with E-state index in [2.05, 4.69) is 49.7 Å². The number of nitrogens with one attached hydrogen (secondary N) is 3. The monoisotopic (exact) mass is 602 g/mol. The minimum Gasteiger partial charge on any atom is -0.393 e. The molecule has 8 nitrogen and oxygen atoms in total. The smallest absolute Gasteiger partial charge is 0.251 e. The zero-order valence-electron chi connectivity index (χ0n) is 26.9. The van der Waals surface area contributed by atoms with Gasteiger partial charge in [0.05, 0.1) is 19.3 Å². The molecule has 0 aromatic heterocycles. The summed E-state index contributed by atoms with van der Waals surface area (Å²) in [7, 11) is 0. The third-order valence-electron chi connectivity index (χ3n) is 12.1. The van der Waals surface area contributed by atoms with Crippen LogP contribution in [0, 0.1) is 28.6 Å². The Balaban J connectivity index is 1.14. The molecule has 8 heteroatoms. The number of amides is 2. The fourth-order valence-corrected chi connectivity index (χ4v) is 8.48. The van der Waals surface area contributed by atoms with Gasteiger partial charge in [-0.3, -0.25) is 14.4 Å². The van der Waals surface area contributed by atoms with Crippen molar-refractivity contribution >= 4 is 11.8 Å². The molecule has 44 heavy (non-hydrogen) atoms. The van der Waals surface area contributed by atoms with Crippen LogP contribution in [-0.4, -0.2) is 65.9 Å². The molecule has 2 heterocycles. The number of fused-ring (bicyclic) bond motifs is 2. The van der Waals surface area contributed by atoms with E-state index in [0.29, 0.717) is 48.6 Å². The predicted molar refractivity (Wildman–Crippen MR) is 171 cm³/mol. The molecule has 0 unspecified atom stereocenters. The molecule has 2 bridgehead atoms. The normalized spacial score (nSPS) is 33.4. The molecule has 2 aromatic carbocycles. The molecule has 0 radical (unpaired) electrons. The summed E-state index contributed by atoms with van der Waals surface area (Å²) in [5.41, 5.74) is 4.09. The first-order valence-corrected chi connectivity index (χ1v) is 16.6.